The van der Waals surface area contributed by atoms with E-state index in [4.69, 9.17) is 46.4 Å². The van der Waals surface area contributed by atoms with Gasteiger partial charge in [0.25, 0.3) is 0 Å². The fourth-order valence-corrected chi connectivity index (χ4v) is 0.378. The third-order valence-corrected chi connectivity index (χ3v) is 0.829. The maximum Gasteiger partial charge on any atom is 0.224 e. The normalized spacial score (nSPS) is 11.1. The number of hydrogen-bond donors (Lipinski definition) is 0. The Kier molecular flexibility index (Phi) is 4.06. The van der Waals surface area contributed by atoms with E-state index >= 15 is 0 Å². The van der Waals surface area contributed by atoms with E-state index in [1.54, 1.807) is 0 Å². The first-order valence-electron chi connectivity index (χ1n) is 1.96. The zero-order valence-corrected chi connectivity index (χ0v) is 7.36. The van der Waals surface area contributed by atoms with E-state index in [9.17, 15) is 0 Å². The van der Waals surface area contributed by atoms with Crippen molar-refractivity contribution in [1.82, 2.24) is 0 Å². The van der Waals surface area contributed by atoms with Crippen molar-refractivity contribution in [3.8, 4) is 0 Å². The molecule has 0 heterocycles. The summed E-state index contributed by atoms with van der Waals surface area (Å²) in [4.78, 5) is 0. The molecular formula is C4H4Cl4O. The molecule has 1 nitrogen and oxygen atoms in total. The molecular weight excluding hydrogens is 206 g/mol. The van der Waals surface area contributed by atoms with E-state index in [0.717, 1.165) is 0 Å². The Balaban J connectivity index is 3.39. The number of halogens is 4. The highest BCUT2D eigenvalue weighted by atomic mass is 35.6. The first-order chi connectivity index (χ1) is 3.92. The Morgan fingerprint density at radius 1 is 1.44 bits per heavy atom. The van der Waals surface area contributed by atoms with Gasteiger partial charge in [0.15, 0.2) is 5.22 Å². The lowest BCUT2D eigenvalue weighted by Crippen LogP contribution is -2.10. The minimum atomic E-state index is -1.42. The number of rotatable bonds is 2. The number of alkyl halides is 3. The predicted molar refractivity (Wildman–Crippen MR) is 41.2 cm³/mol. The molecule has 0 N–H and O–H groups in total. The molecule has 0 aromatic carbocycles. The number of hydrogen-bond acceptors (Lipinski definition) is 1. The van der Waals surface area contributed by atoms with E-state index in [1.807, 2.05) is 0 Å². The second-order valence-corrected chi connectivity index (χ2v) is 4.20. The molecule has 0 spiro atoms. The zero-order chi connectivity index (χ0) is 7.49. The molecule has 0 aromatic rings. The predicted octanol–water partition coefficient (Wildman–Crippen LogP) is 3.08. The lowest BCUT2D eigenvalue weighted by Gasteiger charge is -2.10. The van der Waals surface area contributed by atoms with E-state index < -0.39 is 3.79 Å². The number of ether oxygens (including phenoxy) is 1. The Morgan fingerprint density at radius 3 is 2.00 bits per heavy atom. The van der Waals surface area contributed by atoms with Gasteiger partial charge in [-0.1, -0.05) is 34.8 Å². The maximum absolute atomic E-state index is 5.28. The lowest BCUT2D eigenvalue weighted by atomic mass is 10.8. The third kappa shape index (κ3) is 8.70. The topological polar surface area (TPSA) is 9.23 Å². The summed E-state index contributed by atoms with van der Waals surface area (Å²) >= 11 is 21.0. The van der Waals surface area contributed by atoms with E-state index in [2.05, 4.69) is 11.3 Å². The van der Waals surface area contributed by atoms with E-state index in [0.29, 0.717) is 0 Å². The van der Waals surface area contributed by atoms with Crippen molar-refractivity contribution in [2.75, 3.05) is 6.61 Å². The maximum atomic E-state index is 5.28. The van der Waals surface area contributed by atoms with Crippen LogP contribution in [0.5, 0.6) is 0 Å². The van der Waals surface area contributed by atoms with Crippen LogP contribution >= 0.6 is 46.4 Å². The van der Waals surface area contributed by atoms with Crippen LogP contribution in [0.15, 0.2) is 11.8 Å². The van der Waals surface area contributed by atoms with Gasteiger partial charge in [-0.15, -0.1) is 0 Å². The molecule has 0 atom stereocenters. The molecule has 0 aliphatic rings. The van der Waals surface area contributed by atoms with Crippen molar-refractivity contribution in [3.63, 3.8) is 0 Å². The average Bonchev–Trinajstić information content (AvgIpc) is 1.59. The van der Waals surface area contributed by atoms with Crippen LogP contribution in [0.4, 0.5) is 0 Å². The summed E-state index contributed by atoms with van der Waals surface area (Å²) in [6, 6.07) is 0. The van der Waals surface area contributed by atoms with Crippen LogP contribution in [0.3, 0.4) is 0 Å². The highest BCUT2D eigenvalue weighted by molar-refractivity contribution is 6.67. The van der Waals surface area contributed by atoms with Crippen LogP contribution in [-0.2, 0) is 4.74 Å². The second-order valence-electron chi connectivity index (χ2n) is 1.26. The molecule has 0 fully saturated rings. The average molecular weight is 210 g/mol. The van der Waals surface area contributed by atoms with Gasteiger partial charge in [-0.2, -0.15) is 0 Å². The van der Waals surface area contributed by atoms with Crippen LogP contribution in [-0.4, -0.2) is 10.4 Å². The third-order valence-electron chi connectivity index (χ3n) is 0.392. The van der Waals surface area contributed by atoms with Crippen LogP contribution in [0.25, 0.3) is 0 Å². The molecule has 9 heavy (non-hydrogen) atoms. The van der Waals surface area contributed by atoms with Crippen molar-refractivity contribution < 1.29 is 4.74 Å². The minimum Gasteiger partial charge on any atom is -0.479 e. The summed E-state index contributed by atoms with van der Waals surface area (Å²) in [5, 5.41) is 0.0151. The monoisotopic (exact) mass is 208 g/mol. The summed E-state index contributed by atoms with van der Waals surface area (Å²) in [7, 11) is 0. The van der Waals surface area contributed by atoms with Crippen molar-refractivity contribution in [3.05, 3.63) is 11.8 Å². The van der Waals surface area contributed by atoms with Gasteiger partial charge in [0, 0.05) is 0 Å². The minimum absolute atomic E-state index is 0.0151. The standard InChI is InChI=1S/C4H4Cl4O/c1-3(5)9-2-4(6,7)8/h1-2H2. The van der Waals surface area contributed by atoms with Crippen LogP contribution in [0, 0.1) is 0 Å². The smallest absolute Gasteiger partial charge is 0.224 e. The van der Waals surface area contributed by atoms with Gasteiger partial charge in [0.05, 0.1) is 0 Å². The molecule has 5 heteroatoms. The molecule has 0 bridgehead atoms. The van der Waals surface area contributed by atoms with Gasteiger partial charge in [0.1, 0.15) is 6.61 Å². The highest BCUT2D eigenvalue weighted by Crippen LogP contribution is 2.26. The fourth-order valence-electron chi connectivity index (χ4n) is 0.160. The van der Waals surface area contributed by atoms with Crippen LogP contribution in [0.1, 0.15) is 0 Å². The quantitative estimate of drug-likeness (QED) is 0.502. The summed E-state index contributed by atoms with van der Waals surface area (Å²) in [5.74, 6) is 0. The first-order valence-corrected chi connectivity index (χ1v) is 3.47. The van der Waals surface area contributed by atoms with E-state index in [-0.39, 0.29) is 11.8 Å². The first kappa shape index (κ1) is 9.70. The lowest BCUT2D eigenvalue weighted by molar-refractivity contribution is 0.244. The Hall–Kier alpha value is 0.700. The molecule has 0 rings (SSSR count). The molecule has 0 aliphatic heterocycles. The van der Waals surface area contributed by atoms with Crippen molar-refractivity contribution in [2.45, 2.75) is 3.79 Å². The highest BCUT2D eigenvalue weighted by Gasteiger charge is 2.20. The van der Waals surface area contributed by atoms with Crippen molar-refractivity contribution >= 4 is 46.4 Å². The molecule has 0 saturated heterocycles. The summed E-state index contributed by atoms with van der Waals surface area (Å²) < 4.78 is 3.16. The summed E-state index contributed by atoms with van der Waals surface area (Å²) in [6.07, 6.45) is 0. The van der Waals surface area contributed by atoms with Crippen LogP contribution < -0.4 is 0 Å². The van der Waals surface area contributed by atoms with Crippen LogP contribution in [0.2, 0.25) is 0 Å². The molecule has 0 aliphatic carbocycles. The molecule has 0 radical (unpaired) electrons. The molecule has 54 valence electrons. The van der Waals surface area contributed by atoms with Gasteiger partial charge in [-0.25, -0.2) is 0 Å². The van der Waals surface area contributed by atoms with Gasteiger partial charge in [-0.3, -0.25) is 0 Å². The van der Waals surface area contributed by atoms with Gasteiger partial charge >= 0.3 is 0 Å². The Bertz CT molecular complexity index is 106. The Labute approximate surface area is 73.5 Å². The second kappa shape index (κ2) is 3.77. The zero-order valence-electron chi connectivity index (χ0n) is 4.33. The molecule has 0 unspecified atom stereocenters. The van der Waals surface area contributed by atoms with Gasteiger partial charge in [0.2, 0.25) is 3.79 Å². The molecule has 0 aromatic heterocycles. The SMILES string of the molecule is C=C(Cl)OCC(Cl)(Cl)Cl. The van der Waals surface area contributed by atoms with E-state index in [1.165, 1.54) is 0 Å². The largest absolute Gasteiger partial charge is 0.479 e. The Morgan fingerprint density at radius 2 is 1.89 bits per heavy atom. The molecule has 0 saturated carbocycles. The van der Waals surface area contributed by atoms with Gasteiger partial charge in [-0.05, 0) is 18.2 Å². The molecule has 0 amide bonds. The fraction of sp³-hybridized carbons (Fsp3) is 0.500. The van der Waals surface area contributed by atoms with Crippen molar-refractivity contribution in [1.29, 1.82) is 0 Å². The summed E-state index contributed by atoms with van der Waals surface area (Å²) in [5.41, 5.74) is 0. The van der Waals surface area contributed by atoms with Crippen molar-refractivity contribution in [2.24, 2.45) is 0 Å². The van der Waals surface area contributed by atoms with Gasteiger partial charge < -0.3 is 4.74 Å². The summed E-state index contributed by atoms with van der Waals surface area (Å²) in [6.45, 7) is 3.14.